The van der Waals surface area contributed by atoms with Crippen LogP contribution in [0.3, 0.4) is 0 Å². The van der Waals surface area contributed by atoms with E-state index in [-0.39, 0.29) is 5.88 Å². The molecule has 7 nitrogen and oxygen atoms in total. The van der Waals surface area contributed by atoms with Gasteiger partial charge in [-0.25, -0.2) is 0 Å². The smallest absolute Gasteiger partial charge is 0.244 e. The molecule has 0 bridgehead atoms. The fourth-order valence-corrected chi connectivity index (χ4v) is 3.62. The summed E-state index contributed by atoms with van der Waals surface area (Å²) in [7, 11) is 0. The second kappa shape index (κ2) is 8.21. The Morgan fingerprint density at radius 1 is 1.17 bits per heavy atom. The summed E-state index contributed by atoms with van der Waals surface area (Å²) in [5.74, 6) is 1.10. The molecule has 1 aromatic heterocycles. The third kappa shape index (κ3) is 3.44. The van der Waals surface area contributed by atoms with Crippen molar-refractivity contribution in [1.29, 1.82) is 5.26 Å². The first kappa shape index (κ1) is 19.4. The number of nitrogens with one attached hydrogen (secondary N) is 1. The number of hydrogen-bond donors (Lipinski definition) is 2. The molecule has 1 unspecified atom stereocenters. The van der Waals surface area contributed by atoms with Crippen LogP contribution in [-0.4, -0.2) is 16.8 Å². The predicted octanol–water partition coefficient (Wildman–Crippen LogP) is 3.91. The molecule has 0 saturated carbocycles. The van der Waals surface area contributed by atoms with Crippen molar-refractivity contribution in [3.63, 3.8) is 0 Å². The molecule has 0 aliphatic carbocycles. The number of aromatic nitrogens is 2. The van der Waals surface area contributed by atoms with Gasteiger partial charge in [0.1, 0.15) is 18.2 Å². The molecular formula is C23H22N4O3. The van der Waals surface area contributed by atoms with E-state index in [4.69, 9.17) is 19.9 Å². The van der Waals surface area contributed by atoms with Gasteiger partial charge in [0.15, 0.2) is 11.5 Å². The Morgan fingerprint density at radius 2 is 1.97 bits per heavy atom. The van der Waals surface area contributed by atoms with Crippen LogP contribution in [0.1, 0.15) is 35.2 Å². The fourth-order valence-electron chi connectivity index (χ4n) is 3.62. The fraction of sp³-hybridized carbons (Fsp3) is 0.217. The Kier molecular flexibility index (Phi) is 5.31. The van der Waals surface area contributed by atoms with Gasteiger partial charge in [-0.1, -0.05) is 42.5 Å². The van der Waals surface area contributed by atoms with Crippen molar-refractivity contribution >= 4 is 0 Å². The highest BCUT2D eigenvalue weighted by molar-refractivity contribution is 5.60. The van der Waals surface area contributed by atoms with Crippen LogP contribution in [0.4, 0.5) is 0 Å². The lowest BCUT2D eigenvalue weighted by Gasteiger charge is -2.26. The molecule has 1 aliphatic rings. The van der Waals surface area contributed by atoms with Crippen LogP contribution in [-0.2, 0) is 6.61 Å². The summed E-state index contributed by atoms with van der Waals surface area (Å²) >= 11 is 0. The Labute approximate surface area is 174 Å². The molecule has 0 saturated heterocycles. The Bertz CT molecular complexity index is 1130. The zero-order valence-electron chi connectivity index (χ0n) is 16.8. The highest BCUT2D eigenvalue weighted by Crippen LogP contribution is 2.47. The third-order valence-corrected chi connectivity index (χ3v) is 4.98. The SMILES string of the molecule is CCOc1cccc(C2C(C#N)=C(N)Oc3n[nH]c(C)c32)c1OCc1ccccc1. The molecule has 152 valence electrons. The van der Waals surface area contributed by atoms with Crippen molar-refractivity contribution < 1.29 is 14.2 Å². The molecule has 3 N–H and O–H groups in total. The van der Waals surface area contributed by atoms with E-state index in [2.05, 4.69) is 16.3 Å². The lowest BCUT2D eigenvalue weighted by molar-refractivity contribution is 0.266. The number of para-hydroxylation sites is 1. The van der Waals surface area contributed by atoms with Crippen LogP contribution in [0.15, 0.2) is 60.0 Å². The first-order valence-corrected chi connectivity index (χ1v) is 9.68. The number of ether oxygens (including phenoxy) is 3. The van der Waals surface area contributed by atoms with Gasteiger partial charge in [-0.05, 0) is 25.5 Å². The second-order valence-electron chi connectivity index (χ2n) is 6.87. The summed E-state index contributed by atoms with van der Waals surface area (Å²) in [6.45, 7) is 4.64. The Morgan fingerprint density at radius 3 is 2.70 bits per heavy atom. The number of fused-ring (bicyclic) bond motifs is 1. The average molecular weight is 402 g/mol. The normalized spacial score (nSPS) is 15.2. The molecule has 30 heavy (non-hydrogen) atoms. The van der Waals surface area contributed by atoms with Gasteiger partial charge < -0.3 is 19.9 Å². The maximum absolute atomic E-state index is 9.85. The molecule has 4 rings (SSSR count). The molecule has 0 amide bonds. The summed E-state index contributed by atoms with van der Waals surface area (Å²) in [4.78, 5) is 0. The van der Waals surface area contributed by atoms with E-state index < -0.39 is 5.92 Å². The van der Waals surface area contributed by atoms with Crippen LogP contribution in [0.2, 0.25) is 0 Å². The first-order valence-electron chi connectivity index (χ1n) is 9.68. The van der Waals surface area contributed by atoms with Crippen molar-refractivity contribution in [2.24, 2.45) is 5.73 Å². The Balaban J connectivity index is 1.84. The van der Waals surface area contributed by atoms with Gasteiger partial charge in [0.25, 0.3) is 0 Å². The predicted molar refractivity (Wildman–Crippen MR) is 111 cm³/mol. The molecule has 7 heteroatoms. The van der Waals surface area contributed by atoms with E-state index in [0.717, 1.165) is 22.4 Å². The van der Waals surface area contributed by atoms with Gasteiger partial charge >= 0.3 is 0 Å². The lowest BCUT2D eigenvalue weighted by Crippen LogP contribution is -2.21. The van der Waals surface area contributed by atoms with Crippen molar-refractivity contribution in [1.82, 2.24) is 10.2 Å². The van der Waals surface area contributed by atoms with Crippen LogP contribution >= 0.6 is 0 Å². The topological polar surface area (TPSA) is 106 Å². The van der Waals surface area contributed by atoms with E-state index in [1.807, 2.05) is 62.4 Å². The van der Waals surface area contributed by atoms with E-state index in [9.17, 15) is 5.26 Å². The zero-order chi connectivity index (χ0) is 21.1. The summed E-state index contributed by atoms with van der Waals surface area (Å²) in [5, 5.41) is 17.0. The molecule has 0 fully saturated rings. The average Bonchev–Trinajstić information content (AvgIpc) is 3.12. The van der Waals surface area contributed by atoms with Crippen LogP contribution in [0.25, 0.3) is 0 Å². The number of rotatable bonds is 6. The summed E-state index contributed by atoms with van der Waals surface area (Å²) in [6, 6.07) is 17.7. The summed E-state index contributed by atoms with van der Waals surface area (Å²) < 4.78 is 17.7. The number of benzene rings is 2. The molecule has 3 aromatic rings. The molecule has 0 radical (unpaired) electrons. The number of aryl methyl sites for hydroxylation is 1. The van der Waals surface area contributed by atoms with Gasteiger partial charge in [0.2, 0.25) is 11.8 Å². The number of aromatic amines is 1. The van der Waals surface area contributed by atoms with E-state index in [1.165, 1.54) is 0 Å². The van der Waals surface area contributed by atoms with E-state index >= 15 is 0 Å². The standard InChI is InChI=1S/C23H22N4O3/c1-3-28-18-11-7-10-16(21(18)29-13-15-8-5-4-6-9-15)20-17(12-24)22(25)30-23-19(20)14(2)26-27-23/h4-11,20H,3,13,25H2,1-2H3,(H,26,27). The number of nitrogens with two attached hydrogens (primary N) is 1. The highest BCUT2D eigenvalue weighted by Gasteiger charge is 2.36. The molecule has 1 atom stereocenters. The maximum atomic E-state index is 9.85. The van der Waals surface area contributed by atoms with Gasteiger partial charge in [-0.3, -0.25) is 5.10 Å². The number of allylic oxidation sites excluding steroid dienone is 1. The largest absolute Gasteiger partial charge is 0.490 e. The van der Waals surface area contributed by atoms with Crippen molar-refractivity contribution in [3.05, 3.63) is 82.4 Å². The minimum atomic E-state index is -0.483. The van der Waals surface area contributed by atoms with Gasteiger partial charge in [-0.2, -0.15) is 5.26 Å². The van der Waals surface area contributed by atoms with Gasteiger partial charge in [-0.15, -0.1) is 5.10 Å². The third-order valence-electron chi connectivity index (χ3n) is 4.98. The molecule has 1 aliphatic heterocycles. The van der Waals surface area contributed by atoms with Gasteiger partial charge in [0, 0.05) is 16.8 Å². The highest BCUT2D eigenvalue weighted by atomic mass is 16.5. The van der Waals surface area contributed by atoms with E-state index in [0.29, 0.717) is 36.2 Å². The molecule has 2 aromatic carbocycles. The number of nitriles is 1. The number of hydrogen-bond acceptors (Lipinski definition) is 6. The number of H-pyrrole nitrogens is 1. The zero-order valence-corrected chi connectivity index (χ0v) is 16.8. The van der Waals surface area contributed by atoms with E-state index in [1.54, 1.807) is 0 Å². The Hall–Kier alpha value is -3.92. The minimum absolute atomic E-state index is 0.0392. The van der Waals surface area contributed by atoms with Crippen molar-refractivity contribution in [2.75, 3.05) is 6.61 Å². The van der Waals surface area contributed by atoms with Crippen LogP contribution < -0.4 is 19.9 Å². The quantitative estimate of drug-likeness (QED) is 0.647. The van der Waals surface area contributed by atoms with Crippen molar-refractivity contribution in [3.8, 4) is 23.4 Å². The second-order valence-corrected chi connectivity index (χ2v) is 6.87. The summed E-state index contributed by atoms with van der Waals surface area (Å²) in [6.07, 6.45) is 0. The molecule has 0 spiro atoms. The van der Waals surface area contributed by atoms with Crippen molar-refractivity contribution in [2.45, 2.75) is 26.4 Å². The number of nitrogens with zero attached hydrogens (tertiary/aromatic N) is 2. The maximum Gasteiger partial charge on any atom is 0.244 e. The lowest BCUT2D eigenvalue weighted by atomic mass is 9.83. The monoisotopic (exact) mass is 402 g/mol. The minimum Gasteiger partial charge on any atom is -0.490 e. The van der Waals surface area contributed by atoms with Gasteiger partial charge in [0.05, 0.1) is 12.5 Å². The molecule has 2 heterocycles. The first-order chi connectivity index (χ1) is 14.6. The van der Waals surface area contributed by atoms with Crippen LogP contribution in [0.5, 0.6) is 17.4 Å². The summed E-state index contributed by atoms with van der Waals surface area (Å²) in [5.41, 5.74) is 9.73. The van der Waals surface area contributed by atoms with Crippen LogP contribution in [0, 0.1) is 18.3 Å². The molecular weight excluding hydrogens is 380 g/mol.